The number of unbranched alkanes of at least 4 members (excludes halogenated alkanes) is 1. The summed E-state index contributed by atoms with van der Waals surface area (Å²) >= 11 is 0.838. The Hall–Kier alpha value is -3.06. The van der Waals surface area contributed by atoms with Crippen LogP contribution in [0.15, 0.2) is 53.4 Å². The van der Waals surface area contributed by atoms with Gasteiger partial charge in [-0.1, -0.05) is 44.5 Å². The van der Waals surface area contributed by atoms with Crippen LogP contribution in [-0.4, -0.2) is 35.1 Å². The molecule has 0 spiro atoms. The normalized spacial score (nSPS) is 14.9. The van der Waals surface area contributed by atoms with Crippen molar-refractivity contribution in [1.82, 2.24) is 4.90 Å². The van der Waals surface area contributed by atoms with E-state index in [4.69, 9.17) is 4.74 Å². The topological polar surface area (TPSA) is 75.7 Å². The Labute approximate surface area is 186 Å². The Balaban J connectivity index is 1.59. The summed E-state index contributed by atoms with van der Waals surface area (Å²) in [4.78, 5) is 38.5. The molecule has 1 saturated heterocycles. The van der Waals surface area contributed by atoms with E-state index in [0.29, 0.717) is 17.2 Å². The van der Waals surface area contributed by atoms with Crippen LogP contribution in [0.1, 0.15) is 37.8 Å². The maximum absolute atomic E-state index is 12.6. The molecule has 1 N–H and O–H groups in total. The molecule has 2 aromatic carbocycles. The van der Waals surface area contributed by atoms with E-state index in [1.54, 1.807) is 18.2 Å². The summed E-state index contributed by atoms with van der Waals surface area (Å²) in [6.07, 6.45) is 4.62. The smallest absolute Gasteiger partial charge is 0.294 e. The zero-order valence-corrected chi connectivity index (χ0v) is 18.5. The highest BCUT2D eigenvalue weighted by Crippen LogP contribution is 2.32. The van der Waals surface area contributed by atoms with Crippen molar-refractivity contribution in [1.29, 1.82) is 0 Å². The molecule has 0 bridgehead atoms. The van der Waals surface area contributed by atoms with E-state index in [2.05, 4.69) is 19.2 Å². The number of carbonyl (C=O) groups excluding carboxylic acids is 3. The molecule has 0 atom stereocenters. The Morgan fingerprint density at radius 2 is 1.77 bits per heavy atom. The third kappa shape index (κ3) is 6.21. The zero-order chi connectivity index (χ0) is 22.2. The van der Waals surface area contributed by atoms with Gasteiger partial charge in [-0.15, -0.1) is 0 Å². The van der Waals surface area contributed by atoms with Crippen LogP contribution in [-0.2, 0) is 16.0 Å². The minimum absolute atomic E-state index is 0.296. The predicted octanol–water partition coefficient (Wildman–Crippen LogP) is 5.10. The van der Waals surface area contributed by atoms with Crippen LogP contribution in [0.2, 0.25) is 0 Å². The fourth-order valence-corrected chi connectivity index (χ4v) is 3.79. The van der Waals surface area contributed by atoms with Crippen molar-refractivity contribution in [3.05, 3.63) is 64.6 Å². The summed E-state index contributed by atoms with van der Waals surface area (Å²) in [5.41, 5.74) is 2.58. The number of benzene rings is 2. The fourth-order valence-electron chi connectivity index (χ4n) is 2.95. The Bertz CT molecular complexity index is 968. The summed E-state index contributed by atoms with van der Waals surface area (Å²) in [6.45, 7) is 4.50. The number of anilines is 1. The average molecular weight is 439 g/mol. The maximum Gasteiger partial charge on any atom is 0.294 e. The summed E-state index contributed by atoms with van der Waals surface area (Å²) in [7, 11) is 0. The minimum Gasteiger partial charge on any atom is -0.494 e. The van der Waals surface area contributed by atoms with Crippen molar-refractivity contribution in [2.24, 2.45) is 0 Å². The second-order valence-electron chi connectivity index (χ2n) is 7.14. The van der Waals surface area contributed by atoms with Gasteiger partial charge in [-0.3, -0.25) is 19.3 Å². The molecule has 0 unspecified atom stereocenters. The van der Waals surface area contributed by atoms with Gasteiger partial charge in [0.25, 0.3) is 11.1 Å². The quantitative estimate of drug-likeness (QED) is 0.435. The largest absolute Gasteiger partial charge is 0.494 e. The van der Waals surface area contributed by atoms with Gasteiger partial charge in [0, 0.05) is 5.69 Å². The molecule has 3 rings (SSSR count). The number of amides is 3. The highest BCUT2D eigenvalue weighted by atomic mass is 32.2. The first-order valence-corrected chi connectivity index (χ1v) is 11.2. The number of hydrogen-bond acceptors (Lipinski definition) is 5. The number of rotatable bonds is 9. The van der Waals surface area contributed by atoms with Gasteiger partial charge < -0.3 is 10.1 Å². The summed E-state index contributed by atoms with van der Waals surface area (Å²) in [6, 6.07) is 14.8. The molecule has 0 aliphatic carbocycles. The van der Waals surface area contributed by atoms with Gasteiger partial charge in [-0.2, -0.15) is 0 Å². The second kappa shape index (κ2) is 10.8. The lowest BCUT2D eigenvalue weighted by Crippen LogP contribution is -2.36. The molecular weight excluding hydrogens is 412 g/mol. The Morgan fingerprint density at radius 1 is 1.06 bits per heavy atom. The number of carbonyl (C=O) groups is 3. The van der Waals surface area contributed by atoms with Crippen LogP contribution in [0, 0.1) is 0 Å². The van der Waals surface area contributed by atoms with Crippen molar-refractivity contribution < 1.29 is 19.1 Å². The van der Waals surface area contributed by atoms with E-state index in [-0.39, 0.29) is 6.54 Å². The standard InChI is InChI=1S/C24H26N2O4S/c1-3-5-14-30-20-12-8-18(9-13-20)15-21-23(28)26(24(29)31-21)16-22(27)25-19-10-6-17(4-2)7-11-19/h6-13,15H,3-5,14,16H2,1-2H3,(H,25,27)/b21-15-. The van der Waals surface area contributed by atoms with Crippen molar-refractivity contribution in [2.75, 3.05) is 18.5 Å². The van der Waals surface area contributed by atoms with Crippen molar-refractivity contribution in [3.63, 3.8) is 0 Å². The van der Waals surface area contributed by atoms with Crippen LogP contribution in [0.25, 0.3) is 6.08 Å². The molecule has 162 valence electrons. The average Bonchev–Trinajstić information content (AvgIpc) is 3.03. The Kier molecular flexibility index (Phi) is 7.89. The summed E-state index contributed by atoms with van der Waals surface area (Å²) in [5.74, 6) is -0.113. The molecule has 1 aliphatic heterocycles. The highest BCUT2D eigenvalue weighted by molar-refractivity contribution is 8.18. The van der Waals surface area contributed by atoms with Crippen molar-refractivity contribution in [2.45, 2.75) is 33.1 Å². The first kappa shape index (κ1) is 22.6. The van der Waals surface area contributed by atoms with E-state index < -0.39 is 17.1 Å². The van der Waals surface area contributed by atoms with Gasteiger partial charge in [0.05, 0.1) is 11.5 Å². The molecule has 0 saturated carbocycles. The lowest BCUT2D eigenvalue weighted by Gasteiger charge is -2.12. The fraction of sp³-hybridized carbons (Fsp3) is 0.292. The van der Waals surface area contributed by atoms with Gasteiger partial charge in [-0.05, 0) is 66.1 Å². The molecule has 1 aliphatic rings. The van der Waals surface area contributed by atoms with Crippen LogP contribution in [0.4, 0.5) is 10.5 Å². The third-order valence-electron chi connectivity index (χ3n) is 4.77. The lowest BCUT2D eigenvalue weighted by atomic mass is 10.1. The number of hydrogen-bond donors (Lipinski definition) is 1. The first-order chi connectivity index (χ1) is 15.0. The predicted molar refractivity (Wildman–Crippen MR) is 124 cm³/mol. The maximum atomic E-state index is 12.6. The number of thioether (sulfide) groups is 1. The SMILES string of the molecule is CCCCOc1ccc(/C=C2\SC(=O)N(CC(=O)Nc3ccc(CC)cc3)C2=O)cc1. The molecular formula is C24H26N2O4S. The molecule has 2 aromatic rings. The summed E-state index contributed by atoms with van der Waals surface area (Å²) < 4.78 is 5.63. The lowest BCUT2D eigenvalue weighted by molar-refractivity contribution is -0.127. The Morgan fingerprint density at radius 3 is 2.42 bits per heavy atom. The first-order valence-electron chi connectivity index (χ1n) is 10.4. The summed E-state index contributed by atoms with van der Waals surface area (Å²) in [5, 5.41) is 2.27. The van der Waals surface area contributed by atoms with Gasteiger partial charge in [-0.25, -0.2) is 0 Å². The van der Waals surface area contributed by atoms with Gasteiger partial charge in [0.15, 0.2) is 0 Å². The zero-order valence-electron chi connectivity index (χ0n) is 17.7. The van der Waals surface area contributed by atoms with E-state index in [0.717, 1.165) is 52.8 Å². The van der Waals surface area contributed by atoms with Crippen molar-refractivity contribution >= 4 is 40.6 Å². The molecule has 1 fully saturated rings. The molecule has 31 heavy (non-hydrogen) atoms. The minimum atomic E-state index is -0.463. The number of aryl methyl sites for hydroxylation is 1. The number of ether oxygens (including phenoxy) is 1. The van der Waals surface area contributed by atoms with Crippen LogP contribution in [0.3, 0.4) is 0 Å². The van der Waals surface area contributed by atoms with E-state index in [1.807, 2.05) is 36.4 Å². The van der Waals surface area contributed by atoms with Crippen molar-refractivity contribution in [3.8, 4) is 5.75 Å². The van der Waals surface area contributed by atoms with Gasteiger partial charge in [0.2, 0.25) is 5.91 Å². The van der Waals surface area contributed by atoms with Crippen LogP contribution < -0.4 is 10.1 Å². The molecule has 7 heteroatoms. The molecule has 1 heterocycles. The molecule has 0 aromatic heterocycles. The van der Waals surface area contributed by atoms with E-state index in [9.17, 15) is 14.4 Å². The molecule has 6 nitrogen and oxygen atoms in total. The number of nitrogens with zero attached hydrogens (tertiary/aromatic N) is 1. The monoisotopic (exact) mass is 438 g/mol. The van der Waals surface area contributed by atoms with Gasteiger partial charge in [0.1, 0.15) is 12.3 Å². The molecule has 3 amide bonds. The number of nitrogens with one attached hydrogen (secondary N) is 1. The highest BCUT2D eigenvalue weighted by Gasteiger charge is 2.36. The third-order valence-corrected chi connectivity index (χ3v) is 5.67. The molecule has 0 radical (unpaired) electrons. The van der Waals surface area contributed by atoms with Crippen LogP contribution in [0.5, 0.6) is 5.75 Å². The van der Waals surface area contributed by atoms with E-state index in [1.165, 1.54) is 0 Å². The van der Waals surface area contributed by atoms with Crippen LogP contribution >= 0.6 is 11.8 Å². The second-order valence-corrected chi connectivity index (χ2v) is 8.13. The number of imide groups is 1. The van der Waals surface area contributed by atoms with E-state index >= 15 is 0 Å². The van der Waals surface area contributed by atoms with Gasteiger partial charge >= 0.3 is 0 Å².